The number of nitrogens with zero attached hydrogens (tertiary/aromatic N) is 6. The molecular formula is C51H69N17O8. The zero-order chi connectivity index (χ0) is 54.6. The molecule has 1 aliphatic rings. The maximum Gasteiger partial charge on any atom is 0.245 e. The van der Waals surface area contributed by atoms with Gasteiger partial charge in [-0.25, -0.2) is 4.98 Å². The van der Waals surface area contributed by atoms with E-state index < -0.39 is 89.6 Å². The molecular weight excluding hydrogens is 979 g/mol. The van der Waals surface area contributed by atoms with Gasteiger partial charge in [0.05, 0.1) is 18.6 Å². The van der Waals surface area contributed by atoms with Gasteiger partial charge in [0, 0.05) is 62.7 Å². The number of hydrogen-bond donors (Lipinski definition) is 11. The molecule has 2 aromatic carbocycles. The standard InChI is InChI=1S/C51H69N17O8/c1-3-4-16-37(58-31(2)69)45(71)60-38-17-10-15-34-28-68(66-65-34)24-21-36(44(52)70)59-50(76)42(29-67-23-20-33-14-8-9-19-43(33)67)64-47(73)39(18-11-22-56-51(53)54)61-48(74)40(25-32-12-6-5-7-13-32)62-49(75)41(63-46(38)72)26-35-27-55-30-57-35/h5-9,12-14,19-20,23,27-28,30,36-42H,3-4,10-11,15-18,21-22,24-26,29H2,1-2H3,(H2,52,70)(H,55,57)(H,58,69)(H,59,76)(H,60,71)(H,61,74)(H,62,75)(H,63,72)(H,64,73)(H4,53,54,56)/t36?,37?,38?,39?,40?,41-,42-/m0/s1. The molecule has 5 aromatic rings. The van der Waals surface area contributed by atoms with Crippen molar-refractivity contribution in [3.05, 3.63) is 103 Å². The average Bonchev–Trinajstić information content (AvgIpc) is 4.18. The molecule has 5 unspecified atom stereocenters. The summed E-state index contributed by atoms with van der Waals surface area (Å²) in [6.45, 7) is 3.28. The lowest BCUT2D eigenvalue weighted by atomic mass is 10.0. The number of H-pyrrole nitrogens is 1. The fourth-order valence-electron chi connectivity index (χ4n) is 8.77. The van der Waals surface area contributed by atoms with Gasteiger partial charge < -0.3 is 64.0 Å². The number of hydrogen-bond acceptors (Lipinski definition) is 12. The van der Waals surface area contributed by atoms with Gasteiger partial charge in [-0.3, -0.25) is 48.0 Å². The smallest absolute Gasteiger partial charge is 0.245 e. The second-order valence-corrected chi connectivity index (χ2v) is 18.8. The van der Waals surface area contributed by atoms with Gasteiger partial charge in [0.25, 0.3) is 0 Å². The zero-order valence-corrected chi connectivity index (χ0v) is 42.7. The van der Waals surface area contributed by atoms with Gasteiger partial charge in [-0.05, 0) is 68.0 Å². The van der Waals surface area contributed by atoms with Crippen LogP contribution in [-0.4, -0.2) is 132 Å². The van der Waals surface area contributed by atoms with Crippen LogP contribution in [0, 0.1) is 0 Å². The highest BCUT2D eigenvalue weighted by atomic mass is 16.2. The lowest BCUT2D eigenvalue weighted by molar-refractivity contribution is -0.135. The van der Waals surface area contributed by atoms with Crippen molar-refractivity contribution < 1.29 is 38.4 Å². The van der Waals surface area contributed by atoms with Gasteiger partial charge in [-0.15, -0.1) is 5.10 Å². The molecule has 76 heavy (non-hydrogen) atoms. The number of carbonyl (C=O) groups is 8. The van der Waals surface area contributed by atoms with Crippen LogP contribution in [0.15, 0.2) is 90.6 Å². The largest absolute Gasteiger partial charge is 0.370 e. The summed E-state index contributed by atoms with van der Waals surface area (Å²) in [5.41, 5.74) is 19.4. The molecule has 2 bridgehead atoms. The van der Waals surface area contributed by atoms with E-state index in [9.17, 15) is 38.4 Å². The highest BCUT2D eigenvalue weighted by Gasteiger charge is 2.35. The molecule has 25 heteroatoms. The van der Waals surface area contributed by atoms with E-state index in [0.717, 1.165) is 17.3 Å². The Morgan fingerprint density at radius 3 is 2.20 bits per heavy atom. The van der Waals surface area contributed by atoms with Crippen LogP contribution in [0.5, 0.6) is 0 Å². The van der Waals surface area contributed by atoms with Gasteiger partial charge in [-0.2, -0.15) is 0 Å². The molecule has 0 fully saturated rings. The molecule has 14 N–H and O–H groups in total. The lowest BCUT2D eigenvalue weighted by Crippen LogP contribution is -2.61. The number of rotatable bonds is 17. The minimum Gasteiger partial charge on any atom is -0.370 e. The van der Waals surface area contributed by atoms with Crippen LogP contribution in [0.2, 0.25) is 0 Å². The van der Waals surface area contributed by atoms with Crippen molar-refractivity contribution in [1.29, 1.82) is 0 Å². The number of aromatic nitrogens is 6. The average molecular weight is 1050 g/mol. The van der Waals surface area contributed by atoms with Crippen LogP contribution >= 0.6 is 0 Å². The first-order valence-electron chi connectivity index (χ1n) is 25.4. The van der Waals surface area contributed by atoms with Crippen LogP contribution in [0.25, 0.3) is 10.9 Å². The predicted molar refractivity (Wildman–Crippen MR) is 280 cm³/mol. The molecule has 8 amide bonds. The Hall–Kier alpha value is -8.64. The fourth-order valence-corrected chi connectivity index (χ4v) is 8.77. The quantitative estimate of drug-likeness (QED) is 0.0303. The number of primary amides is 1. The van der Waals surface area contributed by atoms with Crippen LogP contribution in [0.1, 0.15) is 82.2 Å². The van der Waals surface area contributed by atoms with Gasteiger partial charge in [0.1, 0.15) is 42.3 Å². The number of aromatic amines is 1. The number of benzene rings is 2. The third-order valence-electron chi connectivity index (χ3n) is 12.8. The van der Waals surface area contributed by atoms with E-state index >= 15 is 0 Å². The Morgan fingerprint density at radius 1 is 0.803 bits per heavy atom. The minimum atomic E-state index is -1.36. The normalized spacial score (nSPS) is 20.8. The number of guanidine groups is 1. The lowest BCUT2D eigenvalue weighted by Gasteiger charge is -2.28. The molecule has 25 nitrogen and oxygen atoms in total. The summed E-state index contributed by atoms with van der Waals surface area (Å²) in [4.78, 5) is 123. The number of para-hydroxylation sites is 1. The number of nitrogens with one attached hydrogen (secondary N) is 8. The Bertz CT molecular complexity index is 2790. The Kier molecular flexibility index (Phi) is 21.0. The third-order valence-corrected chi connectivity index (χ3v) is 12.8. The van der Waals surface area contributed by atoms with Crippen LogP contribution < -0.4 is 54.4 Å². The summed E-state index contributed by atoms with van der Waals surface area (Å²) in [6, 6.07) is 9.26. The molecule has 406 valence electrons. The number of aryl methyl sites for hydroxylation is 2. The first-order chi connectivity index (χ1) is 36.6. The van der Waals surface area contributed by atoms with E-state index in [1.807, 2.05) is 37.3 Å². The molecule has 0 aliphatic carbocycles. The van der Waals surface area contributed by atoms with Crippen molar-refractivity contribution in [2.45, 2.75) is 140 Å². The highest BCUT2D eigenvalue weighted by molar-refractivity contribution is 5.98. The van der Waals surface area contributed by atoms with Crippen molar-refractivity contribution in [1.82, 2.24) is 66.7 Å². The van der Waals surface area contributed by atoms with E-state index in [-0.39, 0.29) is 77.0 Å². The maximum absolute atomic E-state index is 14.8. The summed E-state index contributed by atoms with van der Waals surface area (Å²) in [7, 11) is 0. The Balaban J connectivity index is 1.39. The van der Waals surface area contributed by atoms with Crippen LogP contribution in [0.3, 0.4) is 0 Å². The van der Waals surface area contributed by atoms with Gasteiger partial charge >= 0.3 is 0 Å². The SMILES string of the molecule is CCCCC(NC(C)=O)C(=O)NC1CCCc2cn(nn2)CCC(C(N)=O)NC(=O)[C@H](Cn2ccc3ccccc32)NC(=O)C(CCCN=C(N)N)NC(=O)C(Cc2ccccc2)NC(=O)[C@H](Cc2cnc[nH]2)NC1=O. The predicted octanol–water partition coefficient (Wildman–Crippen LogP) is -0.990. The summed E-state index contributed by atoms with van der Waals surface area (Å²) in [5.74, 6) is -5.92. The zero-order valence-electron chi connectivity index (χ0n) is 42.7. The summed E-state index contributed by atoms with van der Waals surface area (Å²) >= 11 is 0. The van der Waals surface area contributed by atoms with Crippen molar-refractivity contribution in [3.63, 3.8) is 0 Å². The topological polar surface area (TPSA) is 376 Å². The number of unbranched alkanes of at least 4 members (excludes halogenated alkanes) is 1. The molecule has 0 spiro atoms. The summed E-state index contributed by atoms with van der Waals surface area (Å²) in [6.07, 6.45) is 8.45. The Morgan fingerprint density at radius 2 is 1.49 bits per heavy atom. The third kappa shape index (κ3) is 17.2. The van der Waals surface area contributed by atoms with Gasteiger partial charge in [-0.1, -0.05) is 73.5 Å². The van der Waals surface area contributed by atoms with E-state index in [1.165, 1.54) is 24.1 Å². The minimum absolute atomic E-state index is 0.0174. The van der Waals surface area contributed by atoms with Gasteiger partial charge in [0.15, 0.2) is 5.96 Å². The monoisotopic (exact) mass is 1050 g/mol. The maximum atomic E-state index is 14.8. The van der Waals surface area contributed by atoms with Crippen LogP contribution in [0.4, 0.5) is 0 Å². The van der Waals surface area contributed by atoms with E-state index in [4.69, 9.17) is 17.2 Å². The number of fused-ring (bicyclic) bond motifs is 3. The second-order valence-electron chi connectivity index (χ2n) is 18.8. The molecule has 4 heterocycles. The first kappa shape index (κ1) is 56.7. The van der Waals surface area contributed by atoms with Crippen LogP contribution in [-0.2, 0) is 70.7 Å². The number of amides is 8. The second kappa shape index (κ2) is 28.1. The van der Waals surface area contributed by atoms with Gasteiger partial charge in [0.2, 0.25) is 47.3 Å². The van der Waals surface area contributed by atoms with Crippen molar-refractivity contribution in [2.75, 3.05) is 6.54 Å². The number of nitrogens with two attached hydrogens (primary N) is 3. The van der Waals surface area contributed by atoms with Crippen molar-refractivity contribution in [2.24, 2.45) is 22.2 Å². The number of carbonyl (C=O) groups excluding carboxylic acids is 8. The molecule has 1 aliphatic heterocycles. The highest BCUT2D eigenvalue weighted by Crippen LogP contribution is 2.17. The van der Waals surface area contributed by atoms with E-state index in [1.54, 1.807) is 47.3 Å². The summed E-state index contributed by atoms with van der Waals surface area (Å²) < 4.78 is 3.24. The Labute approximate surface area is 439 Å². The fraction of sp³-hybridized carbons (Fsp3) is 0.451. The molecule has 6 rings (SSSR count). The molecule has 0 saturated carbocycles. The molecule has 0 saturated heterocycles. The summed E-state index contributed by atoms with van der Waals surface area (Å²) in [5, 5.41) is 28.7. The number of imidazole rings is 1. The number of aliphatic imine (C=N–C) groups is 1. The first-order valence-corrected chi connectivity index (χ1v) is 25.4. The molecule has 0 radical (unpaired) electrons. The molecule has 3 aromatic heterocycles. The van der Waals surface area contributed by atoms with Crippen molar-refractivity contribution in [3.8, 4) is 0 Å². The molecule has 7 atom stereocenters. The van der Waals surface area contributed by atoms with E-state index in [0.29, 0.717) is 29.8 Å². The van der Waals surface area contributed by atoms with Crippen molar-refractivity contribution >= 4 is 64.1 Å². The van der Waals surface area contributed by atoms with E-state index in [2.05, 4.69) is 62.5 Å².